The Labute approximate surface area is 192 Å². The van der Waals surface area contributed by atoms with Gasteiger partial charge in [-0.05, 0) is 49.7 Å². The Kier molecular flexibility index (Phi) is 5.21. The van der Waals surface area contributed by atoms with Gasteiger partial charge in [-0.2, -0.15) is 0 Å². The maximum atomic E-state index is 13.7. The van der Waals surface area contributed by atoms with E-state index in [-0.39, 0.29) is 11.5 Å². The van der Waals surface area contributed by atoms with E-state index in [1.54, 1.807) is 17.7 Å². The fraction of sp³-hybridized carbons (Fsp3) is 0.222. The lowest BCUT2D eigenvalue weighted by atomic mass is 9.95. The van der Waals surface area contributed by atoms with Gasteiger partial charge in [-0.1, -0.05) is 42.0 Å². The smallest absolute Gasteiger partial charge is 0.266 e. The number of rotatable bonds is 5. The molecule has 0 spiro atoms. The number of methoxy groups -OCH3 is 1. The number of para-hydroxylation sites is 3. The largest absolute Gasteiger partial charge is 0.495 e. The molecule has 0 aliphatic carbocycles. The Balaban J connectivity index is 1.73. The number of hydrogen-bond acceptors (Lipinski definition) is 4. The predicted octanol–water partition coefficient (Wildman–Crippen LogP) is 4.40. The second-order valence-electron chi connectivity index (χ2n) is 8.26. The van der Waals surface area contributed by atoms with Gasteiger partial charge < -0.3 is 9.64 Å². The van der Waals surface area contributed by atoms with E-state index in [1.807, 2.05) is 73.3 Å². The molecule has 0 radical (unpaired) electrons. The molecule has 6 nitrogen and oxygen atoms in total. The highest BCUT2D eigenvalue weighted by Crippen LogP contribution is 2.39. The molecule has 0 fully saturated rings. The van der Waals surface area contributed by atoms with Crippen molar-refractivity contribution in [2.45, 2.75) is 26.2 Å². The van der Waals surface area contributed by atoms with Gasteiger partial charge in [0.1, 0.15) is 11.6 Å². The fourth-order valence-electron chi connectivity index (χ4n) is 4.72. The van der Waals surface area contributed by atoms with Crippen molar-refractivity contribution >= 4 is 22.5 Å². The first-order valence-corrected chi connectivity index (χ1v) is 11.1. The average molecular weight is 440 g/mol. The first kappa shape index (κ1) is 20.9. The van der Waals surface area contributed by atoms with E-state index < -0.39 is 5.92 Å². The zero-order chi connectivity index (χ0) is 23.1. The van der Waals surface area contributed by atoms with E-state index >= 15 is 0 Å². The van der Waals surface area contributed by atoms with Crippen LogP contribution in [0.3, 0.4) is 0 Å². The number of carbonyl (C=O) groups excluding carboxylic acids is 1. The Morgan fingerprint density at radius 1 is 0.970 bits per heavy atom. The number of aryl methyl sites for hydroxylation is 1. The normalized spacial score (nSPS) is 15.2. The van der Waals surface area contributed by atoms with E-state index in [9.17, 15) is 9.59 Å². The number of benzene rings is 3. The predicted molar refractivity (Wildman–Crippen MR) is 130 cm³/mol. The average Bonchev–Trinajstić information content (AvgIpc) is 3.09. The molecule has 1 atom stereocenters. The molecule has 1 aromatic heterocycles. The monoisotopic (exact) mass is 439 g/mol. The van der Waals surface area contributed by atoms with Crippen molar-refractivity contribution in [1.29, 1.82) is 0 Å². The summed E-state index contributed by atoms with van der Waals surface area (Å²) in [5.41, 5.74) is 4.06. The van der Waals surface area contributed by atoms with E-state index in [4.69, 9.17) is 9.72 Å². The van der Waals surface area contributed by atoms with Gasteiger partial charge in [-0.15, -0.1) is 0 Å². The fourth-order valence-corrected chi connectivity index (χ4v) is 4.72. The summed E-state index contributed by atoms with van der Waals surface area (Å²) in [6.45, 7) is 4.59. The van der Waals surface area contributed by atoms with Crippen LogP contribution in [0.1, 0.15) is 29.8 Å². The topological polar surface area (TPSA) is 64.4 Å². The maximum absolute atomic E-state index is 13.7. The van der Waals surface area contributed by atoms with Gasteiger partial charge in [0, 0.05) is 18.7 Å². The van der Waals surface area contributed by atoms with Gasteiger partial charge in [-0.25, -0.2) is 4.98 Å². The Bertz CT molecular complexity index is 1440. The summed E-state index contributed by atoms with van der Waals surface area (Å²) < 4.78 is 7.15. The minimum Gasteiger partial charge on any atom is -0.495 e. The molecule has 1 aliphatic heterocycles. The quantitative estimate of drug-likeness (QED) is 0.463. The van der Waals surface area contributed by atoms with Crippen LogP contribution in [0.25, 0.3) is 16.6 Å². The van der Waals surface area contributed by atoms with Crippen molar-refractivity contribution in [3.05, 3.63) is 94.0 Å². The molecule has 1 amide bonds. The van der Waals surface area contributed by atoms with Crippen LogP contribution in [0.5, 0.6) is 5.75 Å². The molecule has 4 aromatic rings. The summed E-state index contributed by atoms with van der Waals surface area (Å²) >= 11 is 0. The van der Waals surface area contributed by atoms with Crippen LogP contribution in [0.4, 0.5) is 5.69 Å². The number of anilines is 1. The van der Waals surface area contributed by atoms with Crippen molar-refractivity contribution in [3.63, 3.8) is 0 Å². The number of hydrogen-bond donors (Lipinski definition) is 0. The number of nitrogens with zero attached hydrogens (tertiary/aromatic N) is 3. The Morgan fingerprint density at radius 2 is 1.73 bits per heavy atom. The third-order valence-corrected chi connectivity index (χ3v) is 6.29. The first-order chi connectivity index (χ1) is 16.0. The minimum atomic E-state index is -0.408. The number of likely N-dealkylation sites (N-methyl/N-ethyl adjacent to an activating group) is 1. The number of amides is 1. The highest BCUT2D eigenvalue weighted by atomic mass is 16.5. The highest BCUT2D eigenvalue weighted by Gasteiger charge is 2.37. The second kappa shape index (κ2) is 8.20. The lowest BCUT2D eigenvalue weighted by Crippen LogP contribution is -2.31. The molecule has 0 saturated carbocycles. The van der Waals surface area contributed by atoms with Gasteiger partial charge in [0.05, 0.1) is 29.6 Å². The minimum absolute atomic E-state index is 0.0343. The van der Waals surface area contributed by atoms with E-state index in [1.165, 1.54) is 0 Å². The molecule has 6 heteroatoms. The Hall–Kier alpha value is -3.93. The third-order valence-electron chi connectivity index (χ3n) is 6.29. The van der Waals surface area contributed by atoms with Gasteiger partial charge >= 0.3 is 0 Å². The molecular formula is C27H25N3O3. The summed E-state index contributed by atoms with van der Waals surface area (Å²) in [4.78, 5) is 33.8. The first-order valence-electron chi connectivity index (χ1n) is 11.1. The molecule has 166 valence electrons. The third kappa shape index (κ3) is 3.39. The van der Waals surface area contributed by atoms with Gasteiger partial charge in [0.2, 0.25) is 5.91 Å². The summed E-state index contributed by atoms with van der Waals surface area (Å²) in [7, 11) is 1.58. The Morgan fingerprint density at radius 3 is 2.52 bits per heavy atom. The molecular weight excluding hydrogens is 414 g/mol. The van der Waals surface area contributed by atoms with Crippen LogP contribution in [0.15, 0.2) is 71.5 Å². The van der Waals surface area contributed by atoms with E-state index in [0.29, 0.717) is 41.1 Å². The van der Waals surface area contributed by atoms with E-state index in [0.717, 1.165) is 16.8 Å². The second-order valence-corrected chi connectivity index (χ2v) is 8.26. The van der Waals surface area contributed by atoms with Gasteiger partial charge in [0.15, 0.2) is 0 Å². The van der Waals surface area contributed by atoms with Gasteiger partial charge in [-0.3, -0.25) is 14.2 Å². The maximum Gasteiger partial charge on any atom is 0.266 e. The molecule has 0 saturated heterocycles. The molecule has 5 rings (SSSR count). The molecule has 33 heavy (non-hydrogen) atoms. The lowest BCUT2D eigenvalue weighted by Gasteiger charge is -2.18. The van der Waals surface area contributed by atoms with Crippen molar-refractivity contribution in [1.82, 2.24) is 9.55 Å². The molecule has 1 aliphatic rings. The van der Waals surface area contributed by atoms with Crippen molar-refractivity contribution in [2.24, 2.45) is 0 Å². The van der Waals surface area contributed by atoms with Crippen LogP contribution in [0.2, 0.25) is 0 Å². The standard InChI is InChI=1S/C27H25N3O3/c1-4-29-22-14-13-17(2)15-19(22)20(26(29)31)16-25-28-21-10-6-5-9-18(21)27(32)30(25)23-11-7-8-12-24(23)33-3/h5-15,20H,4,16H2,1-3H3. The summed E-state index contributed by atoms with van der Waals surface area (Å²) in [5.74, 6) is 0.732. The molecule has 1 unspecified atom stereocenters. The lowest BCUT2D eigenvalue weighted by molar-refractivity contribution is -0.119. The number of ether oxygens (including phenoxy) is 1. The summed E-state index contributed by atoms with van der Waals surface area (Å²) in [6, 6.07) is 20.8. The highest BCUT2D eigenvalue weighted by molar-refractivity contribution is 6.05. The van der Waals surface area contributed by atoms with Crippen LogP contribution in [0, 0.1) is 6.92 Å². The zero-order valence-corrected chi connectivity index (χ0v) is 18.9. The number of carbonyl (C=O) groups is 1. The van der Waals surface area contributed by atoms with E-state index in [2.05, 4.69) is 6.07 Å². The SMILES string of the molecule is CCN1C(=O)C(Cc2nc3ccccc3c(=O)n2-c2ccccc2OC)c2cc(C)ccc21. The molecule has 0 bridgehead atoms. The molecule has 3 aromatic carbocycles. The van der Waals surface area contributed by atoms with Crippen LogP contribution < -0.4 is 15.2 Å². The van der Waals surface area contributed by atoms with Crippen molar-refractivity contribution in [3.8, 4) is 11.4 Å². The molecule has 2 heterocycles. The summed E-state index contributed by atoms with van der Waals surface area (Å²) in [6.07, 6.45) is 0.309. The van der Waals surface area contributed by atoms with Crippen molar-refractivity contribution < 1.29 is 9.53 Å². The molecule has 0 N–H and O–H groups in total. The number of aromatic nitrogens is 2. The van der Waals surface area contributed by atoms with Gasteiger partial charge in [0.25, 0.3) is 5.56 Å². The van der Waals surface area contributed by atoms with Crippen LogP contribution in [-0.4, -0.2) is 29.1 Å². The van der Waals surface area contributed by atoms with Crippen LogP contribution >= 0.6 is 0 Å². The zero-order valence-electron chi connectivity index (χ0n) is 18.9. The van der Waals surface area contributed by atoms with Crippen LogP contribution in [-0.2, 0) is 11.2 Å². The van der Waals surface area contributed by atoms with Crippen molar-refractivity contribution in [2.75, 3.05) is 18.6 Å². The number of fused-ring (bicyclic) bond motifs is 2. The summed E-state index contributed by atoms with van der Waals surface area (Å²) in [5, 5.41) is 0.524.